The molecule has 6 nitrogen and oxygen atoms in total. The van der Waals surface area contributed by atoms with Crippen molar-refractivity contribution >= 4 is 18.3 Å². The van der Waals surface area contributed by atoms with Crippen LogP contribution < -0.4 is 10.6 Å². The smallest absolute Gasteiger partial charge is 0.272 e. The lowest BCUT2D eigenvalue weighted by Crippen LogP contribution is -2.44. The Labute approximate surface area is 166 Å². The van der Waals surface area contributed by atoms with Crippen LogP contribution in [0.25, 0.3) is 5.69 Å². The van der Waals surface area contributed by atoms with E-state index in [0.717, 1.165) is 69.7 Å². The van der Waals surface area contributed by atoms with Crippen LogP contribution in [0.1, 0.15) is 34.6 Å². The number of aromatic nitrogens is 2. The van der Waals surface area contributed by atoms with Crippen molar-refractivity contribution in [2.24, 2.45) is 0 Å². The molecule has 146 valence electrons. The molecule has 2 N–H and O–H groups in total. The van der Waals surface area contributed by atoms with E-state index in [-0.39, 0.29) is 18.3 Å². The first kappa shape index (κ1) is 19.9. The predicted octanol–water partition coefficient (Wildman–Crippen LogP) is 1.81. The minimum absolute atomic E-state index is 0. The van der Waals surface area contributed by atoms with E-state index < -0.39 is 0 Å². The Morgan fingerprint density at radius 1 is 1.15 bits per heavy atom. The monoisotopic (exact) mass is 389 g/mol. The Kier molecular flexibility index (Phi) is 6.88. The molecule has 0 radical (unpaired) electrons. The van der Waals surface area contributed by atoms with E-state index >= 15 is 0 Å². The van der Waals surface area contributed by atoms with Crippen LogP contribution in [0.2, 0.25) is 0 Å². The molecule has 2 aliphatic rings. The lowest BCUT2D eigenvalue weighted by molar-refractivity contribution is 0.0945. The minimum atomic E-state index is -0.0295. The molecular weight excluding hydrogens is 362 g/mol. The van der Waals surface area contributed by atoms with Gasteiger partial charge in [-0.25, -0.2) is 4.68 Å². The topological polar surface area (TPSA) is 62.2 Å². The molecule has 0 atom stereocenters. The van der Waals surface area contributed by atoms with Gasteiger partial charge in [0.15, 0.2) is 5.69 Å². The van der Waals surface area contributed by atoms with Crippen LogP contribution >= 0.6 is 12.4 Å². The highest BCUT2D eigenvalue weighted by atomic mass is 35.5. The standard InChI is InChI=1S/C20H27N5O.ClH/c26-20(22-10-5-13-24-14-11-21-12-15-24)19-17-8-4-9-18(17)25(23-19)16-6-2-1-3-7-16;/h1-3,6-7,21H,4-5,8-15H2,(H,22,26);1H. The molecule has 0 saturated carbocycles. The van der Waals surface area contributed by atoms with Gasteiger partial charge in [0.25, 0.3) is 5.91 Å². The zero-order valence-corrected chi connectivity index (χ0v) is 16.4. The fourth-order valence-corrected chi connectivity index (χ4v) is 3.93. The number of fused-ring (bicyclic) bond motifs is 1. The van der Waals surface area contributed by atoms with Crippen molar-refractivity contribution in [3.05, 3.63) is 47.3 Å². The van der Waals surface area contributed by atoms with Gasteiger partial charge in [0.05, 0.1) is 5.69 Å². The van der Waals surface area contributed by atoms with Gasteiger partial charge in [0.1, 0.15) is 0 Å². The molecule has 4 rings (SSSR count). The van der Waals surface area contributed by atoms with Crippen molar-refractivity contribution < 1.29 is 4.79 Å². The van der Waals surface area contributed by atoms with Crippen LogP contribution in [0.4, 0.5) is 0 Å². The zero-order valence-electron chi connectivity index (χ0n) is 15.6. The Balaban J connectivity index is 0.00000210. The molecule has 2 aromatic rings. The van der Waals surface area contributed by atoms with Crippen molar-refractivity contribution in [2.75, 3.05) is 39.3 Å². The normalized spacial score (nSPS) is 16.6. The number of para-hydroxylation sites is 1. The Hall–Kier alpha value is -1.89. The Morgan fingerprint density at radius 3 is 2.70 bits per heavy atom. The second-order valence-corrected chi connectivity index (χ2v) is 7.08. The number of piperazine rings is 1. The molecule has 7 heteroatoms. The molecule has 0 unspecified atom stereocenters. The predicted molar refractivity (Wildman–Crippen MR) is 109 cm³/mol. The second kappa shape index (κ2) is 9.35. The van der Waals surface area contributed by atoms with Crippen LogP contribution in [-0.4, -0.2) is 59.9 Å². The molecular formula is C20H28ClN5O. The van der Waals surface area contributed by atoms with E-state index in [9.17, 15) is 4.79 Å². The van der Waals surface area contributed by atoms with E-state index in [4.69, 9.17) is 0 Å². The summed E-state index contributed by atoms with van der Waals surface area (Å²) in [4.78, 5) is 15.1. The van der Waals surface area contributed by atoms with Gasteiger partial charge < -0.3 is 15.5 Å². The molecule has 1 aromatic carbocycles. The second-order valence-electron chi connectivity index (χ2n) is 7.08. The quantitative estimate of drug-likeness (QED) is 0.740. The third-order valence-electron chi connectivity index (χ3n) is 5.29. The van der Waals surface area contributed by atoms with Gasteiger partial charge in [-0.3, -0.25) is 4.79 Å². The number of carbonyl (C=O) groups is 1. The summed E-state index contributed by atoms with van der Waals surface area (Å²) < 4.78 is 1.96. The number of nitrogens with zero attached hydrogens (tertiary/aromatic N) is 3. The van der Waals surface area contributed by atoms with Crippen LogP contribution in [0, 0.1) is 0 Å². The van der Waals surface area contributed by atoms with Crippen molar-refractivity contribution in [3.8, 4) is 5.69 Å². The number of rotatable bonds is 6. The minimum Gasteiger partial charge on any atom is -0.351 e. The van der Waals surface area contributed by atoms with Crippen LogP contribution in [0.15, 0.2) is 30.3 Å². The molecule has 1 saturated heterocycles. The highest BCUT2D eigenvalue weighted by Crippen LogP contribution is 2.27. The summed E-state index contributed by atoms with van der Waals surface area (Å²) >= 11 is 0. The van der Waals surface area contributed by atoms with E-state index in [2.05, 4.69) is 20.6 Å². The highest BCUT2D eigenvalue weighted by Gasteiger charge is 2.26. The lowest BCUT2D eigenvalue weighted by Gasteiger charge is -2.27. The van der Waals surface area contributed by atoms with Crippen LogP contribution in [0.5, 0.6) is 0 Å². The summed E-state index contributed by atoms with van der Waals surface area (Å²) in [6.07, 6.45) is 4.02. The molecule has 1 aliphatic carbocycles. The van der Waals surface area contributed by atoms with Gasteiger partial charge in [-0.15, -0.1) is 12.4 Å². The highest BCUT2D eigenvalue weighted by molar-refractivity contribution is 5.94. The average Bonchev–Trinajstić information content (AvgIpc) is 3.29. The Morgan fingerprint density at radius 2 is 1.93 bits per heavy atom. The maximum Gasteiger partial charge on any atom is 0.272 e. The number of amides is 1. The van der Waals surface area contributed by atoms with E-state index in [1.807, 2.05) is 35.0 Å². The number of hydrogen-bond acceptors (Lipinski definition) is 4. The van der Waals surface area contributed by atoms with Crippen molar-refractivity contribution in [2.45, 2.75) is 25.7 Å². The molecule has 1 aliphatic heterocycles. The van der Waals surface area contributed by atoms with Crippen LogP contribution in [0.3, 0.4) is 0 Å². The summed E-state index contributed by atoms with van der Waals surface area (Å²) in [6, 6.07) is 10.1. The van der Waals surface area contributed by atoms with E-state index in [0.29, 0.717) is 12.2 Å². The number of benzene rings is 1. The molecule has 1 amide bonds. The zero-order chi connectivity index (χ0) is 17.8. The van der Waals surface area contributed by atoms with Gasteiger partial charge in [-0.2, -0.15) is 5.10 Å². The first-order valence-corrected chi connectivity index (χ1v) is 9.70. The third-order valence-corrected chi connectivity index (χ3v) is 5.29. The molecule has 0 bridgehead atoms. The van der Waals surface area contributed by atoms with E-state index in [1.165, 1.54) is 5.69 Å². The van der Waals surface area contributed by atoms with Gasteiger partial charge in [-0.1, -0.05) is 18.2 Å². The summed E-state index contributed by atoms with van der Waals surface area (Å²) in [7, 11) is 0. The largest absolute Gasteiger partial charge is 0.351 e. The van der Waals surface area contributed by atoms with Gasteiger partial charge >= 0.3 is 0 Å². The first-order valence-electron chi connectivity index (χ1n) is 9.70. The average molecular weight is 390 g/mol. The van der Waals surface area contributed by atoms with Crippen molar-refractivity contribution in [1.82, 2.24) is 25.3 Å². The van der Waals surface area contributed by atoms with Crippen LogP contribution in [-0.2, 0) is 12.8 Å². The number of carbonyl (C=O) groups excluding carboxylic acids is 1. The third kappa shape index (κ3) is 4.51. The summed E-state index contributed by atoms with van der Waals surface area (Å²) in [5, 5.41) is 11.1. The summed E-state index contributed by atoms with van der Waals surface area (Å²) in [5.41, 5.74) is 3.97. The maximum atomic E-state index is 12.7. The number of nitrogens with one attached hydrogen (secondary N) is 2. The van der Waals surface area contributed by atoms with Gasteiger partial charge in [-0.05, 0) is 44.4 Å². The Bertz CT molecular complexity index is 755. The maximum absolute atomic E-state index is 12.7. The molecule has 27 heavy (non-hydrogen) atoms. The summed E-state index contributed by atoms with van der Waals surface area (Å²) in [6.45, 7) is 6.07. The number of hydrogen-bond donors (Lipinski definition) is 2. The van der Waals surface area contributed by atoms with Crippen molar-refractivity contribution in [1.29, 1.82) is 0 Å². The van der Waals surface area contributed by atoms with Gasteiger partial charge in [0.2, 0.25) is 0 Å². The lowest BCUT2D eigenvalue weighted by atomic mass is 10.2. The summed E-state index contributed by atoms with van der Waals surface area (Å²) in [5.74, 6) is -0.0295. The van der Waals surface area contributed by atoms with E-state index in [1.54, 1.807) is 0 Å². The first-order chi connectivity index (χ1) is 12.8. The van der Waals surface area contributed by atoms with Gasteiger partial charge in [0, 0.05) is 44.0 Å². The molecule has 1 fully saturated rings. The molecule has 1 aromatic heterocycles. The number of halogens is 1. The van der Waals surface area contributed by atoms with Crippen molar-refractivity contribution in [3.63, 3.8) is 0 Å². The SMILES string of the molecule is Cl.O=C(NCCCN1CCNCC1)c1nn(-c2ccccc2)c2c1CCC2. The fraction of sp³-hybridized carbons (Fsp3) is 0.500. The fourth-order valence-electron chi connectivity index (χ4n) is 3.93. The molecule has 2 heterocycles. The molecule has 0 spiro atoms.